The summed E-state index contributed by atoms with van der Waals surface area (Å²) in [5, 5.41) is 0.541. The number of hydrogen-bond acceptors (Lipinski definition) is 4. The highest BCUT2D eigenvalue weighted by Gasteiger charge is 2.16. The molecule has 0 radical (unpaired) electrons. The van der Waals surface area contributed by atoms with Crippen molar-refractivity contribution in [2.45, 2.75) is 32.5 Å². The molecule has 3 rings (SSSR count). The van der Waals surface area contributed by atoms with Crippen molar-refractivity contribution < 1.29 is 9.21 Å². The normalized spacial score (nSPS) is 11.2. The van der Waals surface area contributed by atoms with Gasteiger partial charge in [-0.25, -0.2) is 4.98 Å². The maximum absolute atomic E-state index is 12.4. The molecule has 2 heterocycles. The molecule has 0 fully saturated rings. The van der Waals surface area contributed by atoms with Crippen LogP contribution >= 0.6 is 11.8 Å². The van der Waals surface area contributed by atoms with Gasteiger partial charge in [0.1, 0.15) is 5.52 Å². The largest absolute Gasteiger partial charge is 0.431 e. The second-order valence-electron chi connectivity index (χ2n) is 5.19. The molecule has 0 saturated carbocycles. The van der Waals surface area contributed by atoms with E-state index in [-0.39, 0.29) is 5.78 Å². The fraction of sp³-hybridized carbons (Fsp3) is 0.294. The average Bonchev–Trinajstić information content (AvgIpc) is 3.05. The minimum atomic E-state index is 0.111. The van der Waals surface area contributed by atoms with Gasteiger partial charge >= 0.3 is 0 Å². The molecule has 1 aromatic carbocycles. The number of ketones is 1. The highest BCUT2D eigenvalue weighted by Crippen LogP contribution is 2.25. The highest BCUT2D eigenvalue weighted by atomic mass is 32.2. The van der Waals surface area contributed by atoms with E-state index in [1.807, 2.05) is 44.2 Å². The molecule has 0 aliphatic rings. The number of hydrogen-bond donors (Lipinski definition) is 0. The first-order valence-electron chi connectivity index (χ1n) is 7.28. The molecule has 0 N–H and O–H groups in total. The number of Topliss-reactive ketones (excluding diaryl/α,β-unsaturated/α-hetero) is 1. The summed E-state index contributed by atoms with van der Waals surface area (Å²) < 4.78 is 7.78. The Bertz CT molecular complexity index is 799. The molecule has 22 heavy (non-hydrogen) atoms. The quantitative estimate of drug-likeness (QED) is 0.522. The van der Waals surface area contributed by atoms with Crippen LogP contribution in [0.15, 0.2) is 40.0 Å². The molecule has 5 heteroatoms. The Labute approximate surface area is 133 Å². The molecular formula is C17H18N2O2S. The predicted octanol–water partition coefficient (Wildman–Crippen LogP) is 4.24. The fourth-order valence-electron chi connectivity index (χ4n) is 2.69. The number of fused-ring (bicyclic) bond motifs is 1. The van der Waals surface area contributed by atoms with Gasteiger partial charge in [0.15, 0.2) is 11.4 Å². The summed E-state index contributed by atoms with van der Waals surface area (Å²) in [6, 6.07) is 9.58. The molecule has 114 valence electrons. The van der Waals surface area contributed by atoms with Crippen LogP contribution in [-0.2, 0) is 6.54 Å². The van der Waals surface area contributed by atoms with Crippen LogP contribution in [-0.4, -0.2) is 21.1 Å². The third-order valence-corrected chi connectivity index (χ3v) is 4.62. The van der Waals surface area contributed by atoms with Gasteiger partial charge < -0.3 is 8.98 Å². The van der Waals surface area contributed by atoms with Gasteiger partial charge in [0.2, 0.25) is 0 Å². The van der Waals surface area contributed by atoms with Crippen LogP contribution in [0.1, 0.15) is 28.7 Å². The van der Waals surface area contributed by atoms with Gasteiger partial charge in [0.25, 0.3) is 5.22 Å². The Morgan fingerprint density at radius 2 is 2.09 bits per heavy atom. The third-order valence-electron chi connectivity index (χ3n) is 3.79. The second kappa shape index (κ2) is 6.01. The molecule has 2 aromatic heterocycles. The maximum atomic E-state index is 12.4. The SMILES string of the molecule is CCn1c(C)cc(C(=O)CSc2nc3ccccc3o2)c1C. The van der Waals surface area contributed by atoms with Crippen molar-refractivity contribution in [1.29, 1.82) is 0 Å². The predicted molar refractivity (Wildman–Crippen MR) is 88.6 cm³/mol. The first kappa shape index (κ1) is 14.9. The van der Waals surface area contributed by atoms with E-state index in [4.69, 9.17) is 4.42 Å². The molecule has 0 atom stereocenters. The number of aryl methyl sites for hydroxylation is 1. The van der Waals surface area contributed by atoms with Gasteiger partial charge in [-0.3, -0.25) is 4.79 Å². The number of thioether (sulfide) groups is 1. The lowest BCUT2D eigenvalue weighted by Crippen LogP contribution is -2.05. The smallest absolute Gasteiger partial charge is 0.257 e. The summed E-state index contributed by atoms with van der Waals surface area (Å²) in [6.45, 7) is 6.99. The van der Waals surface area contributed by atoms with Crippen LogP contribution < -0.4 is 0 Å². The van der Waals surface area contributed by atoms with E-state index < -0.39 is 0 Å². The Kier molecular flexibility index (Phi) is 4.07. The average molecular weight is 314 g/mol. The van der Waals surface area contributed by atoms with Gasteiger partial charge in [0, 0.05) is 23.5 Å². The molecule has 0 unspecified atom stereocenters. The monoisotopic (exact) mass is 314 g/mol. The molecule has 0 aliphatic heterocycles. The molecule has 3 aromatic rings. The molecular weight excluding hydrogens is 296 g/mol. The lowest BCUT2D eigenvalue weighted by molar-refractivity contribution is 0.102. The summed E-state index contributed by atoms with van der Waals surface area (Å²) in [7, 11) is 0. The van der Waals surface area contributed by atoms with Gasteiger partial charge in [0.05, 0.1) is 5.75 Å². The summed E-state index contributed by atoms with van der Waals surface area (Å²) in [6.07, 6.45) is 0. The zero-order valence-electron chi connectivity index (χ0n) is 12.9. The first-order chi connectivity index (χ1) is 10.6. The second-order valence-corrected chi connectivity index (χ2v) is 6.12. The molecule has 0 amide bonds. The van der Waals surface area contributed by atoms with Crippen molar-refractivity contribution in [1.82, 2.24) is 9.55 Å². The number of rotatable bonds is 5. The number of carbonyl (C=O) groups excluding carboxylic acids is 1. The van der Waals surface area contributed by atoms with Crippen molar-refractivity contribution >= 4 is 28.6 Å². The fourth-order valence-corrected chi connectivity index (χ4v) is 3.41. The van der Waals surface area contributed by atoms with Crippen molar-refractivity contribution in [2.24, 2.45) is 0 Å². The lowest BCUT2D eigenvalue weighted by Gasteiger charge is -2.05. The van der Waals surface area contributed by atoms with Crippen LogP contribution in [0.5, 0.6) is 0 Å². The standard InChI is InChI=1S/C17H18N2O2S/c1-4-19-11(2)9-13(12(19)3)15(20)10-22-17-18-14-7-5-6-8-16(14)21-17/h5-9H,4,10H2,1-3H3. The van der Waals surface area contributed by atoms with Crippen LogP contribution in [0.3, 0.4) is 0 Å². The van der Waals surface area contributed by atoms with Crippen LogP contribution in [0.4, 0.5) is 0 Å². The number of aromatic nitrogens is 2. The number of carbonyl (C=O) groups is 1. The van der Waals surface area contributed by atoms with Crippen LogP contribution in [0, 0.1) is 13.8 Å². The number of benzene rings is 1. The van der Waals surface area contributed by atoms with E-state index >= 15 is 0 Å². The lowest BCUT2D eigenvalue weighted by atomic mass is 10.2. The molecule has 0 aliphatic carbocycles. The van der Waals surface area contributed by atoms with Crippen LogP contribution in [0.25, 0.3) is 11.1 Å². The summed E-state index contributed by atoms with van der Waals surface area (Å²) in [5.41, 5.74) is 4.52. The topological polar surface area (TPSA) is 48.0 Å². The summed E-state index contributed by atoms with van der Waals surface area (Å²) >= 11 is 1.34. The molecule has 4 nitrogen and oxygen atoms in total. The minimum absolute atomic E-state index is 0.111. The van der Waals surface area contributed by atoms with Gasteiger partial charge in [-0.05, 0) is 39.0 Å². The van der Waals surface area contributed by atoms with Crippen molar-refractivity contribution in [3.63, 3.8) is 0 Å². The summed E-state index contributed by atoms with van der Waals surface area (Å²) in [4.78, 5) is 16.8. The summed E-state index contributed by atoms with van der Waals surface area (Å²) in [5.74, 6) is 0.445. The van der Waals surface area contributed by atoms with E-state index in [1.54, 1.807) is 0 Å². The van der Waals surface area contributed by atoms with Gasteiger partial charge in [-0.15, -0.1) is 0 Å². The van der Waals surface area contributed by atoms with E-state index in [1.165, 1.54) is 11.8 Å². The molecule has 0 spiro atoms. The zero-order valence-corrected chi connectivity index (χ0v) is 13.7. The van der Waals surface area contributed by atoms with Crippen molar-refractivity contribution in [3.8, 4) is 0 Å². The number of oxazole rings is 1. The Morgan fingerprint density at radius 1 is 1.32 bits per heavy atom. The number of para-hydroxylation sites is 2. The van der Waals surface area contributed by atoms with Crippen molar-refractivity contribution in [2.75, 3.05) is 5.75 Å². The molecule has 0 saturated heterocycles. The van der Waals surface area contributed by atoms with E-state index in [0.717, 1.165) is 34.6 Å². The third kappa shape index (κ3) is 2.68. The number of nitrogens with zero attached hydrogens (tertiary/aromatic N) is 2. The zero-order chi connectivity index (χ0) is 15.7. The van der Waals surface area contributed by atoms with E-state index in [0.29, 0.717) is 11.0 Å². The highest BCUT2D eigenvalue weighted by molar-refractivity contribution is 7.99. The minimum Gasteiger partial charge on any atom is -0.431 e. The van der Waals surface area contributed by atoms with E-state index in [9.17, 15) is 4.79 Å². The van der Waals surface area contributed by atoms with Crippen LogP contribution in [0.2, 0.25) is 0 Å². The Morgan fingerprint density at radius 3 is 2.77 bits per heavy atom. The maximum Gasteiger partial charge on any atom is 0.257 e. The van der Waals surface area contributed by atoms with Crippen molar-refractivity contribution in [3.05, 3.63) is 47.3 Å². The molecule has 0 bridgehead atoms. The first-order valence-corrected chi connectivity index (χ1v) is 8.27. The van der Waals surface area contributed by atoms with Gasteiger partial charge in [-0.1, -0.05) is 23.9 Å². The van der Waals surface area contributed by atoms with Gasteiger partial charge in [-0.2, -0.15) is 0 Å². The van der Waals surface area contributed by atoms with E-state index in [2.05, 4.69) is 16.5 Å². The Balaban J connectivity index is 1.74. The Hall–Kier alpha value is -2.01.